The second kappa shape index (κ2) is 5.80. The van der Waals surface area contributed by atoms with Crippen molar-refractivity contribution in [3.63, 3.8) is 0 Å². The van der Waals surface area contributed by atoms with Crippen LogP contribution in [0.15, 0.2) is 0 Å². The Kier molecular flexibility index (Phi) is 4.51. The molecule has 0 aromatic carbocycles. The number of rotatable bonds is 3. The molecule has 1 saturated carbocycles. The minimum absolute atomic E-state index is 0.259. The van der Waals surface area contributed by atoms with Gasteiger partial charge in [0.2, 0.25) is 0 Å². The first-order valence-corrected chi connectivity index (χ1v) is 7.54. The molecule has 1 N–H and O–H groups in total. The summed E-state index contributed by atoms with van der Waals surface area (Å²) in [7, 11) is 2.11. The predicted octanol–water partition coefficient (Wildman–Crippen LogP) is 1.90. The van der Waals surface area contributed by atoms with E-state index in [0.717, 1.165) is 51.9 Å². The first kappa shape index (κ1) is 14.8. The summed E-state index contributed by atoms with van der Waals surface area (Å²) in [6.07, 6.45) is 4.46. The summed E-state index contributed by atoms with van der Waals surface area (Å²) in [5.74, 6) is -0.275. The van der Waals surface area contributed by atoms with E-state index in [-0.39, 0.29) is 6.04 Å². The number of carbonyl (C=O) groups is 1. The highest BCUT2D eigenvalue weighted by Gasteiger charge is 2.38. The predicted molar refractivity (Wildman–Crippen MR) is 76.2 cm³/mol. The van der Waals surface area contributed by atoms with Crippen molar-refractivity contribution in [2.45, 2.75) is 45.6 Å². The van der Waals surface area contributed by atoms with Crippen LogP contribution in [0.2, 0.25) is 0 Å². The molecule has 2 aliphatic rings. The lowest BCUT2D eigenvalue weighted by Crippen LogP contribution is -2.54. The number of carboxylic acids is 1. The molecular weight excluding hydrogens is 240 g/mol. The molecule has 19 heavy (non-hydrogen) atoms. The van der Waals surface area contributed by atoms with E-state index >= 15 is 0 Å². The van der Waals surface area contributed by atoms with Crippen LogP contribution in [-0.4, -0.2) is 60.1 Å². The van der Waals surface area contributed by atoms with Crippen molar-refractivity contribution < 1.29 is 9.90 Å². The molecule has 1 aliphatic carbocycles. The zero-order chi connectivity index (χ0) is 14.0. The normalized spacial score (nSPS) is 28.2. The molecule has 0 bridgehead atoms. The van der Waals surface area contributed by atoms with Gasteiger partial charge in [-0.1, -0.05) is 13.8 Å². The lowest BCUT2D eigenvalue weighted by atomic mass is 9.71. The number of hydrogen-bond donors (Lipinski definition) is 1. The molecule has 1 heterocycles. The topological polar surface area (TPSA) is 43.8 Å². The van der Waals surface area contributed by atoms with Gasteiger partial charge in [-0.25, -0.2) is 0 Å². The number of piperazine rings is 1. The summed E-state index contributed by atoms with van der Waals surface area (Å²) in [4.78, 5) is 16.2. The second-order valence-corrected chi connectivity index (χ2v) is 7.12. The van der Waals surface area contributed by atoms with Crippen LogP contribution in [0, 0.1) is 11.3 Å². The van der Waals surface area contributed by atoms with E-state index in [1.54, 1.807) is 0 Å². The Morgan fingerprint density at radius 2 is 1.68 bits per heavy atom. The van der Waals surface area contributed by atoms with Gasteiger partial charge in [-0.3, -0.25) is 9.69 Å². The Morgan fingerprint density at radius 1 is 1.16 bits per heavy atom. The summed E-state index contributed by atoms with van der Waals surface area (Å²) in [6.45, 7) is 8.37. The Hall–Kier alpha value is -0.610. The SMILES string of the molecule is CN1CCN(C(C(=O)O)C2CCC(C)(C)CC2)CC1. The molecule has 1 saturated heterocycles. The molecule has 1 atom stereocenters. The molecule has 2 rings (SSSR count). The average Bonchev–Trinajstić information content (AvgIpc) is 2.33. The summed E-state index contributed by atoms with van der Waals surface area (Å²) < 4.78 is 0. The molecule has 4 heteroatoms. The van der Waals surface area contributed by atoms with Crippen LogP contribution in [0.4, 0.5) is 0 Å². The van der Waals surface area contributed by atoms with Gasteiger partial charge in [0.15, 0.2) is 0 Å². The van der Waals surface area contributed by atoms with Gasteiger partial charge in [0, 0.05) is 26.2 Å². The van der Waals surface area contributed by atoms with Crippen molar-refractivity contribution in [2.24, 2.45) is 11.3 Å². The minimum atomic E-state index is -0.616. The van der Waals surface area contributed by atoms with Crippen LogP contribution in [-0.2, 0) is 4.79 Å². The maximum atomic E-state index is 11.7. The van der Waals surface area contributed by atoms with E-state index < -0.39 is 5.97 Å². The first-order valence-electron chi connectivity index (χ1n) is 7.54. The monoisotopic (exact) mass is 268 g/mol. The van der Waals surface area contributed by atoms with Gasteiger partial charge in [-0.2, -0.15) is 0 Å². The molecule has 1 aliphatic heterocycles. The summed E-state index contributed by atoms with van der Waals surface area (Å²) in [5, 5.41) is 9.62. The van der Waals surface area contributed by atoms with Gasteiger partial charge in [0.25, 0.3) is 0 Å². The molecule has 0 aromatic heterocycles. The third-order valence-corrected chi connectivity index (χ3v) is 5.01. The van der Waals surface area contributed by atoms with Crippen LogP contribution in [0.5, 0.6) is 0 Å². The number of nitrogens with zero attached hydrogens (tertiary/aromatic N) is 2. The quantitative estimate of drug-likeness (QED) is 0.849. The van der Waals surface area contributed by atoms with Gasteiger partial charge < -0.3 is 10.0 Å². The van der Waals surface area contributed by atoms with Crippen molar-refractivity contribution in [1.29, 1.82) is 0 Å². The van der Waals surface area contributed by atoms with Crippen molar-refractivity contribution in [1.82, 2.24) is 9.80 Å². The smallest absolute Gasteiger partial charge is 0.321 e. The van der Waals surface area contributed by atoms with Gasteiger partial charge in [-0.05, 0) is 44.1 Å². The van der Waals surface area contributed by atoms with Crippen molar-refractivity contribution in [2.75, 3.05) is 33.2 Å². The number of carboxylic acid groups (broad SMARTS) is 1. The first-order chi connectivity index (χ1) is 8.89. The van der Waals surface area contributed by atoms with Crippen LogP contribution < -0.4 is 0 Å². The highest BCUT2D eigenvalue weighted by atomic mass is 16.4. The van der Waals surface area contributed by atoms with Crippen LogP contribution in [0.1, 0.15) is 39.5 Å². The van der Waals surface area contributed by atoms with E-state index in [0.29, 0.717) is 11.3 Å². The maximum Gasteiger partial charge on any atom is 0.321 e. The van der Waals surface area contributed by atoms with Gasteiger partial charge in [-0.15, -0.1) is 0 Å². The summed E-state index contributed by atoms with van der Waals surface area (Å²) in [6, 6.07) is -0.259. The number of hydrogen-bond acceptors (Lipinski definition) is 3. The fourth-order valence-corrected chi connectivity index (χ4v) is 3.49. The van der Waals surface area contributed by atoms with Crippen molar-refractivity contribution >= 4 is 5.97 Å². The Bertz CT molecular complexity index is 312. The van der Waals surface area contributed by atoms with Crippen LogP contribution in [0.25, 0.3) is 0 Å². The molecule has 0 radical (unpaired) electrons. The molecular formula is C15H28N2O2. The van der Waals surface area contributed by atoms with Crippen molar-refractivity contribution in [3.05, 3.63) is 0 Å². The molecule has 4 nitrogen and oxygen atoms in total. The third kappa shape index (κ3) is 3.69. The van der Waals surface area contributed by atoms with Crippen LogP contribution in [0.3, 0.4) is 0 Å². The Labute approximate surface area is 116 Å². The molecule has 0 aromatic rings. The highest BCUT2D eigenvalue weighted by molar-refractivity contribution is 5.74. The van der Waals surface area contributed by atoms with Gasteiger partial charge in [0.05, 0.1) is 0 Å². The highest BCUT2D eigenvalue weighted by Crippen LogP contribution is 2.40. The zero-order valence-electron chi connectivity index (χ0n) is 12.6. The fraction of sp³-hybridized carbons (Fsp3) is 0.933. The summed E-state index contributed by atoms with van der Waals surface area (Å²) in [5.41, 5.74) is 0.404. The van der Waals surface area contributed by atoms with Gasteiger partial charge in [0.1, 0.15) is 6.04 Å². The van der Waals surface area contributed by atoms with Crippen molar-refractivity contribution in [3.8, 4) is 0 Å². The number of aliphatic carboxylic acids is 1. The van der Waals surface area contributed by atoms with E-state index in [1.165, 1.54) is 0 Å². The Morgan fingerprint density at radius 3 is 2.16 bits per heavy atom. The lowest BCUT2D eigenvalue weighted by Gasteiger charge is -2.43. The lowest BCUT2D eigenvalue weighted by molar-refractivity contribution is -0.147. The fourth-order valence-electron chi connectivity index (χ4n) is 3.49. The molecule has 0 amide bonds. The Balaban J connectivity index is 1.99. The molecule has 0 spiro atoms. The molecule has 1 unspecified atom stereocenters. The average molecular weight is 268 g/mol. The molecule has 2 fully saturated rings. The summed E-state index contributed by atoms with van der Waals surface area (Å²) >= 11 is 0. The van der Waals surface area contributed by atoms with Gasteiger partial charge >= 0.3 is 5.97 Å². The van der Waals surface area contributed by atoms with E-state index in [1.807, 2.05) is 0 Å². The second-order valence-electron chi connectivity index (χ2n) is 7.12. The van der Waals surface area contributed by atoms with E-state index in [4.69, 9.17) is 0 Å². The minimum Gasteiger partial charge on any atom is -0.480 e. The largest absolute Gasteiger partial charge is 0.480 e. The maximum absolute atomic E-state index is 11.7. The number of likely N-dealkylation sites (N-methyl/N-ethyl adjacent to an activating group) is 1. The van der Waals surface area contributed by atoms with E-state index in [2.05, 4.69) is 30.7 Å². The van der Waals surface area contributed by atoms with Crippen LogP contribution >= 0.6 is 0 Å². The third-order valence-electron chi connectivity index (χ3n) is 5.01. The van der Waals surface area contributed by atoms with E-state index in [9.17, 15) is 9.90 Å². The molecule has 110 valence electrons. The zero-order valence-corrected chi connectivity index (χ0v) is 12.6. The standard InChI is InChI=1S/C15H28N2O2/c1-15(2)6-4-12(5-7-15)13(14(18)19)17-10-8-16(3)9-11-17/h12-13H,4-11H2,1-3H3,(H,18,19).